The lowest BCUT2D eigenvalue weighted by molar-refractivity contribution is -0.110. The molecule has 3 atom stereocenters. The molecule has 0 aromatic rings. The van der Waals surface area contributed by atoms with Crippen molar-refractivity contribution in [3.63, 3.8) is 0 Å². The molecule has 10 heavy (non-hydrogen) atoms. The van der Waals surface area contributed by atoms with Gasteiger partial charge in [-0.05, 0) is 31.1 Å². The topological polar surface area (TPSA) is 29.1 Å². The fourth-order valence-corrected chi connectivity index (χ4v) is 2.54. The van der Waals surface area contributed by atoms with Gasteiger partial charge in [0.05, 0.1) is 0 Å². The molecule has 2 aliphatic rings. The molecule has 0 unspecified atom stereocenters. The van der Waals surface area contributed by atoms with Gasteiger partial charge in [0.15, 0.2) is 0 Å². The standard InChI is InChI=1S/C8H13NO/c10-5-9-8-4-6-1-2-7(8)3-6/h5-8H,1-4H2,(H,9,10)/t6-,7+,8+/m0/s1. The monoisotopic (exact) mass is 139 g/mol. The summed E-state index contributed by atoms with van der Waals surface area (Å²) >= 11 is 0. The first-order chi connectivity index (χ1) is 4.90. The smallest absolute Gasteiger partial charge is 0.207 e. The Morgan fingerprint density at radius 2 is 2.20 bits per heavy atom. The predicted molar refractivity (Wildman–Crippen MR) is 38.4 cm³/mol. The molecule has 0 aromatic heterocycles. The molecule has 1 N–H and O–H groups in total. The van der Waals surface area contributed by atoms with Gasteiger partial charge < -0.3 is 5.32 Å². The molecule has 2 fully saturated rings. The van der Waals surface area contributed by atoms with E-state index in [1.54, 1.807) is 0 Å². The van der Waals surface area contributed by atoms with Crippen molar-refractivity contribution in [3.8, 4) is 0 Å². The molecule has 0 spiro atoms. The zero-order valence-electron chi connectivity index (χ0n) is 6.05. The van der Waals surface area contributed by atoms with Crippen LogP contribution in [0.25, 0.3) is 0 Å². The minimum Gasteiger partial charge on any atom is -0.356 e. The SMILES string of the molecule is O=CN[C@@H]1C[C@H]2CC[C@@H]1C2. The highest BCUT2D eigenvalue weighted by molar-refractivity contribution is 5.47. The normalized spacial score (nSPS) is 43.8. The van der Waals surface area contributed by atoms with E-state index in [0.29, 0.717) is 6.04 Å². The molecule has 2 aliphatic carbocycles. The number of hydrogen-bond donors (Lipinski definition) is 1. The molecule has 0 heterocycles. The first kappa shape index (κ1) is 6.20. The Morgan fingerprint density at radius 3 is 2.70 bits per heavy atom. The molecule has 56 valence electrons. The maximum atomic E-state index is 10.1. The van der Waals surface area contributed by atoms with E-state index in [4.69, 9.17) is 0 Å². The van der Waals surface area contributed by atoms with Gasteiger partial charge in [0.25, 0.3) is 0 Å². The number of rotatable bonds is 2. The third-order valence-electron chi connectivity index (χ3n) is 3.02. The van der Waals surface area contributed by atoms with E-state index in [0.717, 1.165) is 18.2 Å². The maximum absolute atomic E-state index is 10.1. The Balaban J connectivity index is 1.95. The third kappa shape index (κ3) is 0.825. The Morgan fingerprint density at radius 1 is 1.30 bits per heavy atom. The summed E-state index contributed by atoms with van der Waals surface area (Å²) in [7, 11) is 0. The minimum absolute atomic E-state index is 0.524. The van der Waals surface area contributed by atoms with Crippen LogP contribution >= 0.6 is 0 Å². The summed E-state index contributed by atoms with van der Waals surface area (Å²) in [5.74, 6) is 1.75. The van der Waals surface area contributed by atoms with Crippen molar-refractivity contribution in [3.05, 3.63) is 0 Å². The van der Waals surface area contributed by atoms with Crippen molar-refractivity contribution in [1.29, 1.82) is 0 Å². The quantitative estimate of drug-likeness (QED) is 0.566. The molecule has 1 amide bonds. The van der Waals surface area contributed by atoms with Crippen molar-refractivity contribution >= 4 is 6.41 Å². The lowest BCUT2D eigenvalue weighted by Crippen LogP contribution is -2.32. The van der Waals surface area contributed by atoms with Crippen LogP contribution in [-0.2, 0) is 4.79 Å². The van der Waals surface area contributed by atoms with Crippen LogP contribution in [0.2, 0.25) is 0 Å². The highest BCUT2D eigenvalue weighted by Crippen LogP contribution is 2.44. The molecule has 0 radical (unpaired) electrons. The zero-order chi connectivity index (χ0) is 6.97. The minimum atomic E-state index is 0.524. The molecule has 2 rings (SSSR count). The van der Waals surface area contributed by atoms with Crippen molar-refractivity contribution in [2.24, 2.45) is 11.8 Å². The van der Waals surface area contributed by atoms with Crippen LogP contribution in [0.1, 0.15) is 25.7 Å². The first-order valence-electron chi connectivity index (χ1n) is 4.10. The second-order valence-electron chi connectivity index (χ2n) is 3.57. The van der Waals surface area contributed by atoms with Crippen LogP contribution in [-0.4, -0.2) is 12.5 Å². The van der Waals surface area contributed by atoms with Gasteiger partial charge in [-0.15, -0.1) is 0 Å². The summed E-state index contributed by atoms with van der Waals surface area (Å²) in [6.45, 7) is 0. The van der Waals surface area contributed by atoms with E-state index in [-0.39, 0.29) is 0 Å². The van der Waals surface area contributed by atoms with E-state index >= 15 is 0 Å². The van der Waals surface area contributed by atoms with Crippen LogP contribution in [0.4, 0.5) is 0 Å². The molecule has 2 bridgehead atoms. The summed E-state index contributed by atoms with van der Waals surface area (Å²) < 4.78 is 0. The van der Waals surface area contributed by atoms with E-state index in [1.807, 2.05) is 0 Å². The van der Waals surface area contributed by atoms with Gasteiger partial charge in [-0.2, -0.15) is 0 Å². The number of hydrogen-bond acceptors (Lipinski definition) is 1. The third-order valence-corrected chi connectivity index (χ3v) is 3.02. The highest BCUT2D eigenvalue weighted by atomic mass is 16.1. The Kier molecular flexibility index (Phi) is 1.40. The molecule has 0 aromatic carbocycles. The van der Waals surface area contributed by atoms with Crippen LogP contribution in [0.15, 0.2) is 0 Å². The molecule has 0 saturated heterocycles. The fourth-order valence-electron chi connectivity index (χ4n) is 2.54. The zero-order valence-corrected chi connectivity index (χ0v) is 6.05. The lowest BCUT2D eigenvalue weighted by atomic mass is 9.96. The summed E-state index contributed by atoms with van der Waals surface area (Å²) in [6, 6.07) is 0.524. The Labute approximate surface area is 61.0 Å². The number of carbonyl (C=O) groups excluding carboxylic acids is 1. The lowest BCUT2D eigenvalue weighted by Gasteiger charge is -2.20. The number of carbonyl (C=O) groups is 1. The van der Waals surface area contributed by atoms with Crippen molar-refractivity contribution in [2.75, 3.05) is 0 Å². The molecular weight excluding hydrogens is 126 g/mol. The van der Waals surface area contributed by atoms with Crippen molar-refractivity contribution < 1.29 is 4.79 Å². The van der Waals surface area contributed by atoms with Crippen LogP contribution in [0.5, 0.6) is 0 Å². The van der Waals surface area contributed by atoms with Gasteiger partial charge in [-0.3, -0.25) is 4.79 Å². The van der Waals surface area contributed by atoms with Gasteiger partial charge in [-0.1, -0.05) is 6.42 Å². The van der Waals surface area contributed by atoms with E-state index in [9.17, 15) is 4.79 Å². The average molecular weight is 139 g/mol. The largest absolute Gasteiger partial charge is 0.356 e. The number of fused-ring (bicyclic) bond motifs is 2. The summed E-state index contributed by atoms with van der Waals surface area (Å²) in [4.78, 5) is 10.1. The van der Waals surface area contributed by atoms with Crippen molar-refractivity contribution in [2.45, 2.75) is 31.7 Å². The van der Waals surface area contributed by atoms with E-state index in [2.05, 4.69) is 5.32 Å². The van der Waals surface area contributed by atoms with Gasteiger partial charge in [0, 0.05) is 6.04 Å². The number of amides is 1. The number of nitrogens with one attached hydrogen (secondary N) is 1. The van der Waals surface area contributed by atoms with Crippen LogP contribution in [0, 0.1) is 11.8 Å². The highest BCUT2D eigenvalue weighted by Gasteiger charge is 2.38. The van der Waals surface area contributed by atoms with Gasteiger partial charge >= 0.3 is 0 Å². The summed E-state index contributed by atoms with van der Waals surface area (Å²) in [5.41, 5.74) is 0. The molecule has 2 heteroatoms. The second-order valence-corrected chi connectivity index (χ2v) is 3.57. The molecule has 2 nitrogen and oxygen atoms in total. The van der Waals surface area contributed by atoms with Gasteiger partial charge in [0.2, 0.25) is 6.41 Å². The molecular formula is C8H13NO. The molecule has 0 aliphatic heterocycles. The van der Waals surface area contributed by atoms with Crippen LogP contribution in [0.3, 0.4) is 0 Å². The average Bonchev–Trinajstić information content (AvgIpc) is 2.48. The molecule has 2 saturated carbocycles. The summed E-state index contributed by atoms with van der Waals surface area (Å²) in [5, 5.41) is 2.90. The first-order valence-corrected chi connectivity index (χ1v) is 4.10. The van der Waals surface area contributed by atoms with E-state index in [1.165, 1.54) is 25.7 Å². The van der Waals surface area contributed by atoms with Gasteiger partial charge in [0.1, 0.15) is 0 Å². The van der Waals surface area contributed by atoms with Gasteiger partial charge in [-0.25, -0.2) is 0 Å². The Hall–Kier alpha value is -0.530. The van der Waals surface area contributed by atoms with Crippen LogP contribution < -0.4 is 5.32 Å². The Bertz CT molecular complexity index is 146. The summed E-state index contributed by atoms with van der Waals surface area (Å²) in [6.07, 6.45) is 6.21. The van der Waals surface area contributed by atoms with E-state index < -0.39 is 0 Å². The second kappa shape index (κ2) is 2.26. The maximum Gasteiger partial charge on any atom is 0.207 e. The van der Waals surface area contributed by atoms with Crippen molar-refractivity contribution in [1.82, 2.24) is 5.32 Å². The predicted octanol–water partition coefficient (Wildman–Crippen LogP) is 0.921. The fraction of sp³-hybridized carbons (Fsp3) is 0.875.